The molecule has 2 atom stereocenters. The van der Waals surface area contributed by atoms with E-state index in [1.165, 1.54) is 19.3 Å². The van der Waals surface area contributed by atoms with E-state index in [4.69, 9.17) is 5.73 Å². The van der Waals surface area contributed by atoms with E-state index in [2.05, 4.69) is 10.4 Å². The van der Waals surface area contributed by atoms with Crippen LogP contribution in [0, 0.1) is 0 Å². The molecule has 2 aliphatic rings. The Hall–Kier alpha value is -1.89. The largest absolute Gasteiger partial charge is 0.352 e. The minimum Gasteiger partial charge on any atom is -0.352 e. The molecule has 1 aromatic rings. The van der Waals surface area contributed by atoms with Crippen molar-refractivity contribution in [1.82, 2.24) is 20.0 Å². The van der Waals surface area contributed by atoms with Gasteiger partial charge in [-0.2, -0.15) is 5.10 Å². The van der Waals surface area contributed by atoms with Gasteiger partial charge < -0.3 is 16.0 Å². The van der Waals surface area contributed by atoms with Crippen molar-refractivity contribution >= 4 is 11.8 Å². The van der Waals surface area contributed by atoms with Crippen LogP contribution in [0.25, 0.3) is 0 Å². The van der Waals surface area contributed by atoms with Gasteiger partial charge in [-0.1, -0.05) is 19.3 Å². The lowest BCUT2D eigenvalue weighted by atomic mass is 9.95. The molecule has 2 heterocycles. The number of amides is 2. The number of likely N-dealkylation sites (tertiary alicyclic amines) is 1. The molecule has 1 aliphatic heterocycles. The van der Waals surface area contributed by atoms with Gasteiger partial charge in [-0.3, -0.25) is 14.3 Å². The third kappa shape index (κ3) is 4.63. The number of nitrogens with two attached hydrogens (primary N) is 1. The summed E-state index contributed by atoms with van der Waals surface area (Å²) in [6.07, 6.45) is 12.0. The Balaban J connectivity index is 1.58. The summed E-state index contributed by atoms with van der Waals surface area (Å²) in [5.74, 6) is -0.0728. The third-order valence-corrected chi connectivity index (χ3v) is 5.57. The van der Waals surface area contributed by atoms with E-state index in [1.54, 1.807) is 17.1 Å². The van der Waals surface area contributed by atoms with Gasteiger partial charge >= 0.3 is 0 Å². The Labute approximate surface area is 155 Å². The number of nitrogens with one attached hydrogen (secondary N) is 1. The molecule has 3 N–H and O–H groups in total. The second-order valence-corrected chi connectivity index (χ2v) is 7.75. The number of aromatic nitrogens is 2. The van der Waals surface area contributed by atoms with Gasteiger partial charge in [-0.05, 0) is 39.0 Å². The number of nitrogens with zero attached hydrogens (tertiary/aromatic N) is 3. The van der Waals surface area contributed by atoms with Crippen molar-refractivity contribution in [2.45, 2.75) is 83.0 Å². The van der Waals surface area contributed by atoms with Crippen molar-refractivity contribution in [1.29, 1.82) is 0 Å². The van der Waals surface area contributed by atoms with Gasteiger partial charge in [-0.15, -0.1) is 0 Å². The molecule has 1 saturated carbocycles. The van der Waals surface area contributed by atoms with Crippen LogP contribution in [-0.4, -0.2) is 51.2 Å². The van der Waals surface area contributed by atoms with Crippen LogP contribution in [0.3, 0.4) is 0 Å². The van der Waals surface area contributed by atoms with Crippen molar-refractivity contribution in [3.63, 3.8) is 0 Å². The molecule has 0 bridgehead atoms. The molecule has 26 heavy (non-hydrogen) atoms. The smallest absolute Gasteiger partial charge is 0.257 e. The fourth-order valence-electron chi connectivity index (χ4n) is 4.15. The summed E-state index contributed by atoms with van der Waals surface area (Å²) in [6.45, 7) is 2.84. The minimum absolute atomic E-state index is 0.0362. The molecular weight excluding hydrogens is 330 g/mol. The van der Waals surface area contributed by atoms with E-state index in [-0.39, 0.29) is 36.5 Å². The van der Waals surface area contributed by atoms with Crippen LogP contribution < -0.4 is 11.1 Å². The van der Waals surface area contributed by atoms with E-state index in [0.29, 0.717) is 5.56 Å². The van der Waals surface area contributed by atoms with E-state index < -0.39 is 0 Å². The highest BCUT2D eigenvalue weighted by atomic mass is 16.2. The summed E-state index contributed by atoms with van der Waals surface area (Å²) in [6, 6.07) is 0.317. The van der Waals surface area contributed by atoms with Gasteiger partial charge in [0.05, 0.1) is 11.8 Å². The maximum Gasteiger partial charge on any atom is 0.257 e. The zero-order chi connectivity index (χ0) is 18.5. The van der Waals surface area contributed by atoms with Gasteiger partial charge in [0.2, 0.25) is 5.91 Å². The van der Waals surface area contributed by atoms with Gasteiger partial charge in [0.1, 0.15) is 6.54 Å². The SMILES string of the molecule is CC(N)C1CCCCN1C(=O)c1cnn(CC(=O)NC2CCCCC2)c1. The monoisotopic (exact) mass is 361 g/mol. The van der Waals surface area contributed by atoms with Crippen molar-refractivity contribution in [3.05, 3.63) is 18.0 Å². The first-order valence-electron chi connectivity index (χ1n) is 9.93. The van der Waals surface area contributed by atoms with Crippen molar-refractivity contribution < 1.29 is 9.59 Å². The van der Waals surface area contributed by atoms with E-state index >= 15 is 0 Å². The first-order chi connectivity index (χ1) is 12.5. The standard InChI is InChI=1S/C19H31N5O2/c1-14(20)17-9-5-6-10-24(17)19(26)15-11-21-23(12-15)13-18(25)22-16-7-3-2-4-8-16/h11-12,14,16-17H,2-10,13,20H2,1H3,(H,22,25). The summed E-state index contributed by atoms with van der Waals surface area (Å²) in [5, 5.41) is 7.29. The van der Waals surface area contributed by atoms with Gasteiger partial charge in [0.25, 0.3) is 5.91 Å². The third-order valence-electron chi connectivity index (χ3n) is 5.57. The topological polar surface area (TPSA) is 93.2 Å². The summed E-state index contributed by atoms with van der Waals surface area (Å²) in [5.41, 5.74) is 6.60. The Bertz CT molecular complexity index is 621. The molecule has 0 spiro atoms. The zero-order valence-electron chi connectivity index (χ0n) is 15.7. The summed E-state index contributed by atoms with van der Waals surface area (Å²) < 4.78 is 1.55. The molecule has 7 nitrogen and oxygen atoms in total. The lowest BCUT2D eigenvalue weighted by molar-refractivity contribution is -0.122. The van der Waals surface area contributed by atoms with E-state index in [9.17, 15) is 9.59 Å². The summed E-state index contributed by atoms with van der Waals surface area (Å²) in [4.78, 5) is 26.9. The van der Waals surface area contributed by atoms with E-state index in [1.807, 2.05) is 11.8 Å². The van der Waals surface area contributed by atoms with Crippen LogP contribution in [-0.2, 0) is 11.3 Å². The maximum absolute atomic E-state index is 12.8. The highest BCUT2D eigenvalue weighted by molar-refractivity contribution is 5.94. The van der Waals surface area contributed by atoms with Gasteiger partial charge in [-0.25, -0.2) is 0 Å². The van der Waals surface area contributed by atoms with Crippen molar-refractivity contribution in [2.24, 2.45) is 5.73 Å². The van der Waals surface area contributed by atoms with E-state index in [0.717, 1.165) is 38.6 Å². The van der Waals surface area contributed by atoms with Crippen LogP contribution >= 0.6 is 0 Å². The normalized spacial score (nSPS) is 22.8. The maximum atomic E-state index is 12.8. The Morgan fingerprint density at radius 1 is 1.23 bits per heavy atom. The molecule has 2 amide bonds. The predicted molar refractivity (Wildman–Crippen MR) is 99.6 cm³/mol. The fourth-order valence-corrected chi connectivity index (χ4v) is 4.15. The molecule has 3 rings (SSSR count). The first kappa shape index (κ1) is 18.9. The number of hydrogen-bond donors (Lipinski definition) is 2. The number of hydrogen-bond acceptors (Lipinski definition) is 4. The lowest BCUT2D eigenvalue weighted by Gasteiger charge is -2.37. The van der Waals surface area contributed by atoms with Gasteiger partial charge in [0, 0.05) is 30.9 Å². The molecule has 1 aromatic heterocycles. The summed E-state index contributed by atoms with van der Waals surface area (Å²) in [7, 11) is 0. The number of carbonyl (C=O) groups excluding carboxylic acids is 2. The zero-order valence-corrected chi connectivity index (χ0v) is 15.7. The van der Waals surface area contributed by atoms with Crippen LogP contribution in [0.2, 0.25) is 0 Å². The fraction of sp³-hybridized carbons (Fsp3) is 0.737. The average Bonchev–Trinajstić information content (AvgIpc) is 3.10. The van der Waals surface area contributed by atoms with Crippen LogP contribution in [0.15, 0.2) is 12.4 Å². The Morgan fingerprint density at radius 2 is 1.96 bits per heavy atom. The van der Waals surface area contributed by atoms with Crippen molar-refractivity contribution in [3.8, 4) is 0 Å². The molecule has 0 aromatic carbocycles. The minimum atomic E-state index is -0.0458. The first-order valence-corrected chi connectivity index (χ1v) is 9.93. The quantitative estimate of drug-likeness (QED) is 0.834. The molecule has 7 heteroatoms. The molecule has 1 aliphatic carbocycles. The highest BCUT2D eigenvalue weighted by Gasteiger charge is 2.30. The Morgan fingerprint density at radius 3 is 2.69 bits per heavy atom. The predicted octanol–water partition coefficient (Wildman–Crippen LogP) is 1.67. The molecule has 1 saturated heterocycles. The molecule has 144 valence electrons. The second kappa shape index (κ2) is 8.66. The molecule has 2 fully saturated rings. The van der Waals surface area contributed by atoms with Gasteiger partial charge in [0.15, 0.2) is 0 Å². The number of carbonyl (C=O) groups is 2. The molecule has 0 radical (unpaired) electrons. The van der Waals surface area contributed by atoms with Crippen molar-refractivity contribution in [2.75, 3.05) is 6.54 Å². The van der Waals surface area contributed by atoms with Crippen LogP contribution in [0.5, 0.6) is 0 Å². The Kier molecular flexibility index (Phi) is 6.29. The molecule has 2 unspecified atom stereocenters. The molecular formula is C19H31N5O2. The highest BCUT2D eigenvalue weighted by Crippen LogP contribution is 2.21. The van der Waals surface area contributed by atoms with Crippen LogP contribution in [0.1, 0.15) is 68.6 Å². The number of rotatable bonds is 5. The summed E-state index contributed by atoms with van der Waals surface area (Å²) >= 11 is 0. The average molecular weight is 361 g/mol. The second-order valence-electron chi connectivity index (χ2n) is 7.75. The van der Waals surface area contributed by atoms with Crippen LogP contribution in [0.4, 0.5) is 0 Å². The lowest BCUT2D eigenvalue weighted by Crippen LogP contribution is -2.51. The number of piperidine rings is 1.